The van der Waals surface area contributed by atoms with E-state index in [9.17, 15) is 4.79 Å². The topological polar surface area (TPSA) is 64.3 Å². The number of amides is 1. The molecule has 0 spiro atoms. The molecular weight excluding hydrogens is 260 g/mol. The van der Waals surface area contributed by atoms with Gasteiger partial charge in [0.05, 0.1) is 18.0 Å². The van der Waals surface area contributed by atoms with Crippen molar-refractivity contribution in [2.45, 2.75) is 6.92 Å². The summed E-state index contributed by atoms with van der Waals surface area (Å²) < 4.78 is 5.32. The highest BCUT2D eigenvalue weighted by Crippen LogP contribution is 2.22. The van der Waals surface area contributed by atoms with Gasteiger partial charge in [-0.3, -0.25) is 4.79 Å². The predicted octanol–water partition coefficient (Wildman–Crippen LogP) is 1.76. The number of nitrogen functional groups attached to an aromatic ring is 1. The smallest absolute Gasteiger partial charge is 0.251 e. The first-order chi connectivity index (χ1) is 9.19. The lowest BCUT2D eigenvalue weighted by Crippen LogP contribution is -2.25. The Morgan fingerprint density at radius 1 is 1.58 bits per heavy atom. The minimum atomic E-state index is -0.143. The van der Waals surface area contributed by atoms with Gasteiger partial charge in [-0.15, -0.1) is 18.2 Å². The molecule has 0 unspecified atom stereocenters. The second-order valence-electron chi connectivity index (χ2n) is 3.70. The molecule has 102 valence electrons. The van der Waals surface area contributed by atoms with Gasteiger partial charge in [0.15, 0.2) is 0 Å². The molecular formula is C14H18N2O2S. The Morgan fingerprint density at radius 3 is 3.00 bits per heavy atom. The summed E-state index contributed by atoms with van der Waals surface area (Å²) in [4.78, 5) is 11.8. The van der Waals surface area contributed by atoms with Crippen molar-refractivity contribution < 1.29 is 9.53 Å². The van der Waals surface area contributed by atoms with Gasteiger partial charge in [-0.05, 0) is 25.1 Å². The molecule has 5 heteroatoms. The van der Waals surface area contributed by atoms with Crippen LogP contribution in [0.5, 0.6) is 5.75 Å². The number of anilines is 1. The first-order valence-corrected chi connectivity index (χ1v) is 7.16. The summed E-state index contributed by atoms with van der Waals surface area (Å²) in [5.74, 6) is 4.44. The molecule has 4 nitrogen and oxygen atoms in total. The van der Waals surface area contributed by atoms with E-state index in [4.69, 9.17) is 16.9 Å². The number of carbonyl (C=O) groups is 1. The van der Waals surface area contributed by atoms with Crippen LogP contribution in [0, 0.1) is 12.3 Å². The Hall–Kier alpha value is -1.80. The number of ether oxygens (including phenoxy) is 1. The maximum absolute atomic E-state index is 11.8. The van der Waals surface area contributed by atoms with Crippen LogP contribution in [0.2, 0.25) is 0 Å². The lowest BCUT2D eigenvalue weighted by Gasteiger charge is -2.09. The van der Waals surface area contributed by atoms with Gasteiger partial charge in [0.1, 0.15) is 5.75 Å². The average Bonchev–Trinajstić information content (AvgIpc) is 2.41. The summed E-state index contributed by atoms with van der Waals surface area (Å²) in [6, 6.07) is 5.03. The fraction of sp³-hybridized carbons (Fsp3) is 0.357. The van der Waals surface area contributed by atoms with Crippen molar-refractivity contribution >= 4 is 23.4 Å². The van der Waals surface area contributed by atoms with E-state index in [-0.39, 0.29) is 5.91 Å². The van der Waals surface area contributed by atoms with Crippen LogP contribution in [0.15, 0.2) is 18.2 Å². The number of carbonyl (C=O) groups excluding carboxylic acids is 1. The Bertz CT molecular complexity index is 469. The molecule has 19 heavy (non-hydrogen) atoms. The first kappa shape index (κ1) is 15.3. The Morgan fingerprint density at radius 2 is 2.37 bits per heavy atom. The Kier molecular flexibility index (Phi) is 6.69. The van der Waals surface area contributed by atoms with Crippen LogP contribution in [-0.2, 0) is 0 Å². The summed E-state index contributed by atoms with van der Waals surface area (Å²) in [5.41, 5.74) is 6.81. The molecule has 3 N–H and O–H groups in total. The molecule has 0 bridgehead atoms. The molecule has 0 aliphatic rings. The zero-order valence-corrected chi connectivity index (χ0v) is 11.8. The quantitative estimate of drug-likeness (QED) is 0.453. The Balaban J connectivity index is 2.49. The average molecular weight is 278 g/mol. The SMILES string of the molecule is C#CCSCCNC(=O)c1ccc(OCC)c(N)c1. The third-order valence-electron chi connectivity index (χ3n) is 2.29. The van der Waals surface area contributed by atoms with Crippen LogP contribution in [-0.4, -0.2) is 30.6 Å². The number of nitrogens with one attached hydrogen (secondary N) is 1. The van der Waals surface area contributed by atoms with Gasteiger partial charge in [0.2, 0.25) is 0 Å². The predicted molar refractivity (Wildman–Crippen MR) is 80.5 cm³/mol. The van der Waals surface area contributed by atoms with Crippen molar-refractivity contribution in [2.24, 2.45) is 0 Å². The number of rotatable bonds is 7. The van der Waals surface area contributed by atoms with Crippen molar-refractivity contribution in [3.05, 3.63) is 23.8 Å². The molecule has 0 heterocycles. The summed E-state index contributed by atoms with van der Waals surface area (Å²) >= 11 is 1.61. The highest BCUT2D eigenvalue weighted by Gasteiger charge is 2.08. The van der Waals surface area contributed by atoms with E-state index in [2.05, 4.69) is 11.2 Å². The van der Waals surface area contributed by atoms with Gasteiger partial charge >= 0.3 is 0 Å². The third kappa shape index (κ3) is 5.14. The molecule has 0 radical (unpaired) electrons. The van der Waals surface area contributed by atoms with Crippen LogP contribution < -0.4 is 15.8 Å². The minimum Gasteiger partial charge on any atom is -0.492 e. The third-order valence-corrected chi connectivity index (χ3v) is 3.15. The van der Waals surface area contributed by atoms with Gasteiger partial charge < -0.3 is 15.8 Å². The number of terminal acetylenes is 1. The van der Waals surface area contributed by atoms with E-state index in [0.29, 0.717) is 35.9 Å². The molecule has 1 rings (SSSR count). The van der Waals surface area contributed by atoms with E-state index in [0.717, 1.165) is 5.75 Å². The van der Waals surface area contributed by atoms with E-state index >= 15 is 0 Å². The van der Waals surface area contributed by atoms with Gasteiger partial charge in [0, 0.05) is 17.9 Å². The molecule has 0 aliphatic heterocycles. The zero-order chi connectivity index (χ0) is 14.1. The lowest BCUT2D eigenvalue weighted by atomic mass is 10.2. The molecule has 0 saturated carbocycles. The molecule has 0 atom stereocenters. The van der Waals surface area contributed by atoms with Crippen LogP contribution in [0.3, 0.4) is 0 Å². The molecule has 0 aromatic heterocycles. The largest absolute Gasteiger partial charge is 0.492 e. The maximum atomic E-state index is 11.8. The van der Waals surface area contributed by atoms with Crippen LogP contribution in [0.25, 0.3) is 0 Å². The second kappa shape index (κ2) is 8.33. The van der Waals surface area contributed by atoms with Gasteiger partial charge in [0.25, 0.3) is 5.91 Å². The highest BCUT2D eigenvalue weighted by molar-refractivity contribution is 7.99. The van der Waals surface area contributed by atoms with E-state index in [1.165, 1.54) is 0 Å². The Labute approximate surface area is 118 Å². The fourth-order valence-corrected chi connectivity index (χ4v) is 1.96. The molecule has 1 aromatic carbocycles. The molecule has 0 aliphatic carbocycles. The van der Waals surface area contributed by atoms with Gasteiger partial charge in [-0.2, -0.15) is 0 Å². The molecule has 0 saturated heterocycles. The van der Waals surface area contributed by atoms with Crippen molar-refractivity contribution in [1.29, 1.82) is 0 Å². The van der Waals surface area contributed by atoms with E-state index in [1.54, 1.807) is 30.0 Å². The van der Waals surface area contributed by atoms with Crippen molar-refractivity contribution in [3.63, 3.8) is 0 Å². The van der Waals surface area contributed by atoms with E-state index < -0.39 is 0 Å². The van der Waals surface area contributed by atoms with Crippen molar-refractivity contribution in [1.82, 2.24) is 5.32 Å². The van der Waals surface area contributed by atoms with E-state index in [1.807, 2.05) is 6.92 Å². The maximum Gasteiger partial charge on any atom is 0.251 e. The zero-order valence-electron chi connectivity index (χ0n) is 10.9. The number of nitrogens with two attached hydrogens (primary N) is 1. The summed E-state index contributed by atoms with van der Waals surface area (Å²) in [5, 5.41) is 2.81. The molecule has 1 aromatic rings. The number of benzene rings is 1. The van der Waals surface area contributed by atoms with Crippen molar-refractivity contribution in [3.8, 4) is 18.1 Å². The van der Waals surface area contributed by atoms with Crippen molar-refractivity contribution in [2.75, 3.05) is 30.4 Å². The molecule has 0 fully saturated rings. The number of hydrogen-bond acceptors (Lipinski definition) is 4. The summed E-state index contributed by atoms with van der Waals surface area (Å²) in [6.45, 7) is 3.01. The van der Waals surface area contributed by atoms with Gasteiger partial charge in [-0.25, -0.2) is 0 Å². The lowest BCUT2D eigenvalue weighted by molar-refractivity contribution is 0.0956. The standard InChI is InChI=1S/C14H18N2O2S/c1-3-8-19-9-7-16-14(17)11-5-6-13(18-4-2)12(15)10-11/h1,5-6,10H,4,7-9,15H2,2H3,(H,16,17). The van der Waals surface area contributed by atoms with Gasteiger partial charge in [-0.1, -0.05) is 5.92 Å². The highest BCUT2D eigenvalue weighted by atomic mass is 32.2. The summed E-state index contributed by atoms with van der Waals surface area (Å²) in [7, 11) is 0. The normalized spacial score (nSPS) is 9.68. The first-order valence-electron chi connectivity index (χ1n) is 6.00. The fourth-order valence-electron chi connectivity index (χ4n) is 1.45. The number of hydrogen-bond donors (Lipinski definition) is 2. The second-order valence-corrected chi connectivity index (χ2v) is 4.80. The monoisotopic (exact) mass is 278 g/mol. The van der Waals surface area contributed by atoms with Crippen LogP contribution in [0.1, 0.15) is 17.3 Å². The minimum absolute atomic E-state index is 0.143. The number of thioether (sulfide) groups is 1. The van der Waals surface area contributed by atoms with Crippen LogP contribution in [0.4, 0.5) is 5.69 Å². The molecule has 1 amide bonds. The summed E-state index contributed by atoms with van der Waals surface area (Å²) in [6.07, 6.45) is 5.13. The van der Waals surface area contributed by atoms with Crippen LogP contribution >= 0.6 is 11.8 Å².